The molecule has 0 spiro atoms. The van der Waals surface area contributed by atoms with Crippen LogP contribution in [0.25, 0.3) is 5.65 Å². The molecular weight excluding hydrogens is 382 g/mol. The molecule has 1 unspecified atom stereocenters. The highest BCUT2D eigenvalue weighted by atomic mass is 16.5. The second-order valence-electron chi connectivity index (χ2n) is 8.82. The highest BCUT2D eigenvalue weighted by Gasteiger charge is 2.31. The number of amides is 1. The van der Waals surface area contributed by atoms with Gasteiger partial charge in [-0.1, -0.05) is 0 Å². The van der Waals surface area contributed by atoms with Gasteiger partial charge in [0.1, 0.15) is 0 Å². The molecule has 2 aliphatic rings. The topological polar surface area (TPSA) is 82.9 Å². The average molecular weight is 416 g/mol. The Balaban J connectivity index is 1.55. The van der Waals surface area contributed by atoms with Crippen molar-refractivity contribution in [2.45, 2.75) is 64.0 Å². The highest BCUT2D eigenvalue weighted by Crippen LogP contribution is 2.32. The zero-order valence-electron chi connectivity index (χ0n) is 18.3. The van der Waals surface area contributed by atoms with E-state index in [0.29, 0.717) is 30.6 Å². The zero-order valence-corrected chi connectivity index (χ0v) is 18.3. The van der Waals surface area contributed by atoms with Gasteiger partial charge < -0.3 is 14.5 Å². The number of methoxy groups -OCH3 is 1. The van der Waals surface area contributed by atoms with Crippen LogP contribution in [0.5, 0.6) is 0 Å². The molecule has 1 atom stereocenters. The smallest absolute Gasteiger partial charge is 0.272 e. The fourth-order valence-corrected chi connectivity index (χ4v) is 4.84. The molecule has 2 saturated heterocycles. The van der Waals surface area contributed by atoms with Crippen molar-refractivity contribution in [1.82, 2.24) is 24.4 Å². The van der Waals surface area contributed by atoms with Gasteiger partial charge in [0.2, 0.25) is 5.91 Å². The second-order valence-corrected chi connectivity index (χ2v) is 8.82. The first kappa shape index (κ1) is 21.1. The van der Waals surface area contributed by atoms with E-state index >= 15 is 0 Å². The number of likely N-dealkylation sites (tertiary alicyclic amines) is 2. The monoisotopic (exact) mass is 415 g/mol. The normalized spacial score (nSPS) is 21.2. The quantitative estimate of drug-likeness (QED) is 0.783. The molecule has 0 saturated carbocycles. The number of H-pyrrole nitrogens is 1. The SMILES string of the molecule is COCCC(=O)N1CCCC1c1cc2nc(C3CCN(C(C)C)CC3)cc(=O)n2[nH]1. The van der Waals surface area contributed by atoms with Crippen molar-refractivity contribution in [2.75, 3.05) is 33.4 Å². The zero-order chi connectivity index (χ0) is 21.3. The predicted octanol–water partition coefficient (Wildman–Crippen LogP) is 2.31. The van der Waals surface area contributed by atoms with Crippen LogP contribution in [-0.2, 0) is 9.53 Å². The second kappa shape index (κ2) is 8.89. The number of aromatic amines is 1. The van der Waals surface area contributed by atoms with E-state index in [1.54, 1.807) is 13.2 Å². The fourth-order valence-electron chi connectivity index (χ4n) is 4.84. The van der Waals surface area contributed by atoms with Crippen LogP contribution in [0.3, 0.4) is 0 Å². The summed E-state index contributed by atoms with van der Waals surface area (Å²) >= 11 is 0. The van der Waals surface area contributed by atoms with Crippen molar-refractivity contribution in [1.29, 1.82) is 0 Å². The van der Waals surface area contributed by atoms with Crippen molar-refractivity contribution < 1.29 is 9.53 Å². The summed E-state index contributed by atoms with van der Waals surface area (Å²) in [7, 11) is 1.61. The number of nitrogens with one attached hydrogen (secondary N) is 1. The summed E-state index contributed by atoms with van der Waals surface area (Å²) < 4.78 is 6.57. The molecule has 1 amide bonds. The number of piperidine rings is 1. The Kier molecular flexibility index (Phi) is 6.24. The van der Waals surface area contributed by atoms with Gasteiger partial charge in [0.25, 0.3) is 5.56 Å². The first-order chi connectivity index (χ1) is 14.5. The van der Waals surface area contributed by atoms with Crippen LogP contribution in [0.15, 0.2) is 16.9 Å². The third-order valence-corrected chi connectivity index (χ3v) is 6.62. The maximum Gasteiger partial charge on any atom is 0.272 e. The minimum absolute atomic E-state index is 0.0341. The number of hydrogen-bond donors (Lipinski definition) is 1. The van der Waals surface area contributed by atoms with Crippen molar-refractivity contribution in [3.63, 3.8) is 0 Å². The van der Waals surface area contributed by atoms with Gasteiger partial charge in [-0.2, -0.15) is 0 Å². The molecule has 1 N–H and O–H groups in total. The minimum atomic E-state index is -0.0807. The standard InChI is InChI=1S/C22H33N5O3/c1-15(2)25-10-6-16(7-11-25)17-14-22(29)27-20(23-17)13-18(24-27)19-5-4-9-26(19)21(28)8-12-30-3/h13-16,19,24H,4-12H2,1-3H3. The third-order valence-electron chi connectivity index (χ3n) is 6.62. The van der Waals surface area contributed by atoms with E-state index in [4.69, 9.17) is 9.72 Å². The Bertz CT molecular complexity index is 942. The number of hydrogen-bond acceptors (Lipinski definition) is 5. The maximum atomic E-state index is 12.8. The van der Waals surface area contributed by atoms with E-state index in [1.165, 1.54) is 4.52 Å². The van der Waals surface area contributed by atoms with Crippen LogP contribution in [0.1, 0.15) is 69.3 Å². The molecule has 4 heterocycles. The van der Waals surface area contributed by atoms with Gasteiger partial charge in [-0.3, -0.25) is 14.7 Å². The predicted molar refractivity (Wildman–Crippen MR) is 115 cm³/mol. The van der Waals surface area contributed by atoms with Crippen LogP contribution in [-0.4, -0.2) is 69.7 Å². The summed E-state index contributed by atoms with van der Waals surface area (Å²) in [6.07, 6.45) is 4.29. The van der Waals surface area contributed by atoms with Crippen molar-refractivity contribution >= 4 is 11.6 Å². The Hall–Kier alpha value is -2.19. The van der Waals surface area contributed by atoms with Gasteiger partial charge >= 0.3 is 0 Å². The molecule has 8 nitrogen and oxygen atoms in total. The first-order valence-corrected chi connectivity index (χ1v) is 11.1. The average Bonchev–Trinajstić information content (AvgIpc) is 3.39. The number of aromatic nitrogens is 3. The number of carbonyl (C=O) groups excluding carboxylic acids is 1. The highest BCUT2D eigenvalue weighted by molar-refractivity contribution is 5.77. The van der Waals surface area contributed by atoms with E-state index < -0.39 is 0 Å². The Labute approximate surface area is 177 Å². The first-order valence-electron chi connectivity index (χ1n) is 11.1. The number of carbonyl (C=O) groups is 1. The molecule has 2 aromatic heterocycles. The molecule has 8 heteroatoms. The van der Waals surface area contributed by atoms with Crippen molar-refractivity contribution in [3.05, 3.63) is 33.9 Å². The molecule has 0 aliphatic carbocycles. The van der Waals surface area contributed by atoms with E-state index in [9.17, 15) is 9.59 Å². The molecule has 0 aromatic carbocycles. The van der Waals surface area contributed by atoms with Crippen molar-refractivity contribution in [2.24, 2.45) is 0 Å². The van der Waals surface area contributed by atoms with Gasteiger partial charge in [-0.05, 0) is 52.6 Å². The molecule has 0 radical (unpaired) electrons. The minimum Gasteiger partial charge on any atom is -0.384 e. The van der Waals surface area contributed by atoms with Gasteiger partial charge in [0.05, 0.1) is 30.5 Å². The van der Waals surface area contributed by atoms with Crippen molar-refractivity contribution in [3.8, 4) is 0 Å². The van der Waals surface area contributed by atoms with Crippen LogP contribution in [0.2, 0.25) is 0 Å². The molecule has 2 aromatic rings. The number of fused-ring (bicyclic) bond motifs is 1. The van der Waals surface area contributed by atoms with Gasteiger partial charge in [-0.15, -0.1) is 0 Å². The summed E-state index contributed by atoms with van der Waals surface area (Å²) in [6.45, 7) is 7.71. The molecule has 4 rings (SSSR count). The molecule has 0 bridgehead atoms. The summed E-state index contributed by atoms with van der Waals surface area (Å²) in [5, 5.41) is 3.21. The Morgan fingerprint density at radius 2 is 2.00 bits per heavy atom. The summed E-state index contributed by atoms with van der Waals surface area (Å²) in [5.41, 5.74) is 2.35. The molecule has 30 heavy (non-hydrogen) atoms. The maximum absolute atomic E-state index is 12.8. The lowest BCUT2D eigenvalue weighted by Gasteiger charge is -2.34. The third kappa shape index (κ3) is 4.16. The summed E-state index contributed by atoms with van der Waals surface area (Å²) in [6, 6.07) is 4.15. The largest absolute Gasteiger partial charge is 0.384 e. The summed E-state index contributed by atoms with van der Waals surface area (Å²) in [4.78, 5) is 34.5. The Morgan fingerprint density at radius 1 is 1.23 bits per heavy atom. The lowest BCUT2D eigenvalue weighted by molar-refractivity contribution is -0.133. The van der Waals surface area contributed by atoms with Gasteiger partial charge in [0.15, 0.2) is 5.65 Å². The summed E-state index contributed by atoms with van der Waals surface area (Å²) in [5.74, 6) is 0.422. The molecule has 2 aliphatic heterocycles. The van der Waals surface area contributed by atoms with E-state index in [2.05, 4.69) is 23.8 Å². The number of rotatable bonds is 6. The van der Waals surface area contributed by atoms with Crippen LogP contribution in [0.4, 0.5) is 0 Å². The van der Waals surface area contributed by atoms with Gasteiger partial charge in [-0.25, -0.2) is 9.50 Å². The number of nitrogens with zero attached hydrogens (tertiary/aromatic N) is 4. The van der Waals surface area contributed by atoms with Crippen LogP contribution >= 0.6 is 0 Å². The van der Waals surface area contributed by atoms with Gasteiger partial charge in [0, 0.05) is 37.7 Å². The van der Waals surface area contributed by atoms with E-state index in [1.807, 2.05) is 11.0 Å². The van der Waals surface area contributed by atoms with E-state index in [-0.39, 0.29) is 17.5 Å². The van der Waals surface area contributed by atoms with E-state index in [0.717, 1.165) is 56.7 Å². The lowest BCUT2D eigenvalue weighted by atomic mass is 9.92. The van der Waals surface area contributed by atoms with Crippen LogP contribution < -0.4 is 5.56 Å². The molecule has 2 fully saturated rings. The lowest BCUT2D eigenvalue weighted by Crippen LogP contribution is -2.38. The molecule has 164 valence electrons. The Morgan fingerprint density at radius 3 is 2.70 bits per heavy atom. The number of ether oxygens (including phenoxy) is 1. The fraction of sp³-hybridized carbons (Fsp3) is 0.682. The van der Waals surface area contributed by atoms with Crippen LogP contribution in [0, 0.1) is 0 Å². The molecular formula is C22H33N5O3.